The maximum atomic E-state index is 4.32. The summed E-state index contributed by atoms with van der Waals surface area (Å²) in [5, 5.41) is 4.32. The Bertz CT molecular complexity index is 767. The molecule has 0 radical (unpaired) electrons. The predicted octanol–water partition coefficient (Wildman–Crippen LogP) is 3.77. The second-order valence-corrected chi connectivity index (χ2v) is 5.08. The molecule has 3 aromatic rings. The average molecular weight is 295 g/mol. The van der Waals surface area contributed by atoms with Gasteiger partial charge in [0, 0.05) is 0 Å². The van der Waals surface area contributed by atoms with E-state index in [0.717, 1.165) is 23.0 Å². The van der Waals surface area contributed by atoms with Gasteiger partial charge in [0.15, 0.2) is 5.82 Å². The van der Waals surface area contributed by atoms with Crippen molar-refractivity contribution in [1.82, 2.24) is 24.7 Å². The standard InChI is InChI=1S/C14H15N5.C3H6/c1-9-4-5-13(10(2)6-9)19-14(16-8-17-19)12-7-15-11(3)18-12;1-3-2/h4-8H,1-3H3,(H,15,18);3H,1H2,2H3. The highest BCUT2D eigenvalue weighted by Crippen LogP contribution is 2.21. The lowest BCUT2D eigenvalue weighted by Gasteiger charge is -2.08. The molecule has 5 nitrogen and oxygen atoms in total. The fourth-order valence-corrected chi connectivity index (χ4v) is 2.18. The summed E-state index contributed by atoms with van der Waals surface area (Å²) in [5.41, 5.74) is 4.31. The Balaban J connectivity index is 0.000000545. The van der Waals surface area contributed by atoms with E-state index < -0.39 is 0 Å². The summed E-state index contributed by atoms with van der Waals surface area (Å²) in [4.78, 5) is 11.7. The number of imidazole rings is 1. The fourth-order valence-electron chi connectivity index (χ4n) is 2.18. The highest BCUT2D eigenvalue weighted by atomic mass is 15.3. The Morgan fingerprint density at radius 3 is 2.50 bits per heavy atom. The average Bonchev–Trinajstić information content (AvgIpc) is 3.08. The first-order valence-corrected chi connectivity index (χ1v) is 7.13. The minimum absolute atomic E-state index is 0.771. The zero-order chi connectivity index (χ0) is 16.1. The van der Waals surface area contributed by atoms with E-state index in [4.69, 9.17) is 0 Å². The number of nitrogens with one attached hydrogen (secondary N) is 1. The van der Waals surface area contributed by atoms with E-state index in [-0.39, 0.29) is 0 Å². The van der Waals surface area contributed by atoms with E-state index in [1.807, 2.05) is 18.5 Å². The quantitative estimate of drug-likeness (QED) is 0.732. The van der Waals surface area contributed by atoms with Gasteiger partial charge in [0.1, 0.15) is 17.8 Å². The largest absolute Gasteiger partial charge is 0.340 e. The van der Waals surface area contributed by atoms with Crippen LogP contribution in [0.3, 0.4) is 0 Å². The number of aromatic nitrogens is 5. The molecule has 0 aliphatic heterocycles. The topological polar surface area (TPSA) is 59.4 Å². The first-order valence-electron chi connectivity index (χ1n) is 7.13. The van der Waals surface area contributed by atoms with Crippen molar-refractivity contribution in [2.75, 3.05) is 0 Å². The number of hydrogen-bond acceptors (Lipinski definition) is 3. The number of H-pyrrole nitrogens is 1. The minimum atomic E-state index is 0.771. The van der Waals surface area contributed by atoms with Crippen LogP contribution in [0.4, 0.5) is 0 Å². The third-order valence-electron chi connectivity index (χ3n) is 3.07. The van der Waals surface area contributed by atoms with Gasteiger partial charge in [0.25, 0.3) is 0 Å². The first-order chi connectivity index (χ1) is 10.6. The number of hydrogen-bond donors (Lipinski definition) is 1. The molecule has 0 amide bonds. The zero-order valence-electron chi connectivity index (χ0n) is 13.5. The van der Waals surface area contributed by atoms with Crippen molar-refractivity contribution in [3.8, 4) is 17.2 Å². The molecule has 1 N–H and O–H groups in total. The Hall–Kier alpha value is -2.69. The smallest absolute Gasteiger partial charge is 0.181 e. The highest BCUT2D eigenvalue weighted by molar-refractivity contribution is 5.54. The van der Waals surface area contributed by atoms with Crippen molar-refractivity contribution in [1.29, 1.82) is 0 Å². The van der Waals surface area contributed by atoms with Crippen LogP contribution in [0.15, 0.2) is 43.4 Å². The molecule has 5 heteroatoms. The second kappa shape index (κ2) is 6.85. The Morgan fingerprint density at radius 1 is 1.18 bits per heavy atom. The molecule has 0 fully saturated rings. The Labute approximate surface area is 130 Å². The number of rotatable bonds is 2. The first kappa shape index (κ1) is 15.7. The van der Waals surface area contributed by atoms with Crippen molar-refractivity contribution < 1.29 is 0 Å². The van der Waals surface area contributed by atoms with Crippen LogP contribution in [0.1, 0.15) is 23.9 Å². The van der Waals surface area contributed by atoms with E-state index in [0.29, 0.717) is 0 Å². The lowest BCUT2D eigenvalue weighted by molar-refractivity contribution is 0.875. The van der Waals surface area contributed by atoms with Crippen LogP contribution in [0.25, 0.3) is 17.2 Å². The molecule has 2 heterocycles. The molecular formula is C17H21N5. The molecule has 22 heavy (non-hydrogen) atoms. The third-order valence-corrected chi connectivity index (χ3v) is 3.07. The maximum Gasteiger partial charge on any atom is 0.181 e. The minimum Gasteiger partial charge on any atom is -0.340 e. The van der Waals surface area contributed by atoms with Crippen LogP contribution < -0.4 is 0 Å². The molecule has 0 saturated heterocycles. The van der Waals surface area contributed by atoms with Crippen molar-refractivity contribution in [3.05, 3.63) is 60.3 Å². The Kier molecular flexibility index (Phi) is 4.88. The van der Waals surface area contributed by atoms with Crippen LogP contribution >= 0.6 is 0 Å². The number of aryl methyl sites for hydroxylation is 3. The maximum absolute atomic E-state index is 4.32. The molecule has 0 spiro atoms. The van der Waals surface area contributed by atoms with Gasteiger partial charge < -0.3 is 4.98 Å². The monoisotopic (exact) mass is 295 g/mol. The molecule has 3 rings (SSSR count). The molecular weight excluding hydrogens is 274 g/mol. The van der Waals surface area contributed by atoms with E-state index in [9.17, 15) is 0 Å². The van der Waals surface area contributed by atoms with Gasteiger partial charge in [0.05, 0.1) is 11.9 Å². The summed E-state index contributed by atoms with van der Waals surface area (Å²) in [6.45, 7) is 11.3. The molecule has 0 aliphatic rings. The molecule has 0 atom stereocenters. The molecule has 2 aromatic heterocycles. The predicted molar refractivity (Wildman–Crippen MR) is 89.0 cm³/mol. The Morgan fingerprint density at radius 2 is 1.91 bits per heavy atom. The van der Waals surface area contributed by atoms with Crippen LogP contribution in [-0.2, 0) is 0 Å². The zero-order valence-corrected chi connectivity index (χ0v) is 13.5. The molecule has 0 aliphatic carbocycles. The summed E-state index contributed by atoms with van der Waals surface area (Å²) < 4.78 is 1.84. The van der Waals surface area contributed by atoms with Crippen LogP contribution in [0.5, 0.6) is 0 Å². The highest BCUT2D eigenvalue weighted by Gasteiger charge is 2.12. The normalized spacial score (nSPS) is 10.0. The molecule has 0 saturated carbocycles. The molecule has 0 unspecified atom stereocenters. The second-order valence-electron chi connectivity index (χ2n) is 5.08. The fraction of sp³-hybridized carbons (Fsp3) is 0.235. The van der Waals surface area contributed by atoms with Gasteiger partial charge in [-0.2, -0.15) is 5.10 Å². The van der Waals surface area contributed by atoms with Crippen molar-refractivity contribution in [3.63, 3.8) is 0 Å². The van der Waals surface area contributed by atoms with E-state index in [1.165, 1.54) is 11.1 Å². The van der Waals surface area contributed by atoms with Gasteiger partial charge in [-0.05, 0) is 39.3 Å². The van der Waals surface area contributed by atoms with Gasteiger partial charge in [-0.3, -0.25) is 0 Å². The third kappa shape index (κ3) is 3.31. The summed E-state index contributed by atoms with van der Waals surface area (Å²) in [5.74, 6) is 1.64. The van der Waals surface area contributed by atoms with Crippen LogP contribution in [0, 0.1) is 20.8 Å². The molecule has 0 bridgehead atoms. The summed E-state index contributed by atoms with van der Waals surface area (Å²) in [6.07, 6.45) is 5.09. The van der Waals surface area contributed by atoms with Crippen LogP contribution in [-0.4, -0.2) is 24.7 Å². The van der Waals surface area contributed by atoms with Gasteiger partial charge in [-0.1, -0.05) is 23.8 Å². The van der Waals surface area contributed by atoms with Gasteiger partial charge >= 0.3 is 0 Å². The van der Waals surface area contributed by atoms with Crippen molar-refractivity contribution in [2.45, 2.75) is 27.7 Å². The lowest BCUT2D eigenvalue weighted by atomic mass is 10.1. The van der Waals surface area contributed by atoms with Gasteiger partial charge in [-0.15, -0.1) is 6.58 Å². The van der Waals surface area contributed by atoms with E-state index >= 15 is 0 Å². The van der Waals surface area contributed by atoms with Crippen molar-refractivity contribution in [2.24, 2.45) is 0 Å². The summed E-state index contributed by atoms with van der Waals surface area (Å²) in [7, 11) is 0. The molecule has 114 valence electrons. The van der Waals surface area contributed by atoms with E-state index in [2.05, 4.69) is 58.7 Å². The number of benzene rings is 1. The summed E-state index contributed by atoms with van der Waals surface area (Å²) >= 11 is 0. The molecule has 1 aromatic carbocycles. The summed E-state index contributed by atoms with van der Waals surface area (Å²) in [6, 6.07) is 6.27. The van der Waals surface area contributed by atoms with Crippen LogP contribution in [0.2, 0.25) is 0 Å². The lowest BCUT2D eigenvalue weighted by Crippen LogP contribution is -2.02. The number of nitrogens with zero attached hydrogens (tertiary/aromatic N) is 4. The van der Waals surface area contributed by atoms with Gasteiger partial charge in [-0.25, -0.2) is 14.6 Å². The SMILES string of the molecule is C=CC.Cc1ccc(-n2ncnc2-c2cnc(C)[nH]2)c(C)c1. The van der Waals surface area contributed by atoms with E-state index in [1.54, 1.807) is 18.6 Å². The number of allylic oxidation sites excluding steroid dienone is 1. The van der Waals surface area contributed by atoms with Gasteiger partial charge in [0.2, 0.25) is 0 Å². The number of aromatic amines is 1. The van der Waals surface area contributed by atoms with Crippen molar-refractivity contribution >= 4 is 0 Å².